The molecule has 3 N–H and O–H groups in total. The second kappa shape index (κ2) is 14.9. The van der Waals surface area contributed by atoms with Crippen molar-refractivity contribution in [3.8, 4) is 5.69 Å². The molecule has 268 valence electrons. The molecule has 3 unspecified atom stereocenters. The summed E-state index contributed by atoms with van der Waals surface area (Å²) in [6, 6.07) is 6.16. The third kappa shape index (κ3) is 6.91. The molecule has 1 saturated heterocycles. The number of anilines is 1. The maximum absolute atomic E-state index is 15.3. The lowest BCUT2D eigenvalue weighted by Crippen LogP contribution is -2.38. The van der Waals surface area contributed by atoms with Crippen molar-refractivity contribution in [2.24, 2.45) is 16.6 Å². The molecule has 1 fully saturated rings. The van der Waals surface area contributed by atoms with Crippen LogP contribution in [0.1, 0.15) is 50.6 Å². The van der Waals surface area contributed by atoms with E-state index in [2.05, 4.69) is 45.3 Å². The van der Waals surface area contributed by atoms with Gasteiger partial charge in [0, 0.05) is 62.3 Å². The smallest absolute Gasteiger partial charge is 0.151 e. The van der Waals surface area contributed by atoms with Crippen LogP contribution in [0.15, 0.2) is 84.3 Å². The number of imidazole rings is 1. The van der Waals surface area contributed by atoms with Crippen LogP contribution in [0.3, 0.4) is 0 Å². The lowest BCUT2D eigenvalue weighted by Gasteiger charge is -2.36. The Hall–Kier alpha value is -5.26. The minimum absolute atomic E-state index is 0.137. The number of hydrogen-bond acceptors (Lipinski definition) is 7. The molecule has 9 nitrogen and oxygen atoms in total. The minimum Gasteiger partial charge on any atom is -0.405 e. The van der Waals surface area contributed by atoms with Crippen molar-refractivity contribution in [3.63, 3.8) is 0 Å². The zero-order chi connectivity index (χ0) is 36.4. The summed E-state index contributed by atoms with van der Waals surface area (Å²) in [6.45, 7) is 15.2. The molecule has 2 bridgehead atoms. The first-order chi connectivity index (χ1) is 24.6. The quantitative estimate of drug-likeness (QED) is 0.190. The van der Waals surface area contributed by atoms with Crippen LogP contribution >= 0.6 is 0 Å². The van der Waals surface area contributed by atoms with E-state index in [1.165, 1.54) is 29.1 Å². The van der Waals surface area contributed by atoms with Crippen LogP contribution in [0.2, 0.25) is 0 Å². The lowest BCUT2D eigenvalue weighted by molar-refractivity contribution is 0.260. The van der Waals surface area contributed by atoms with E-state index in [4.69, 9.17) is 15.7 Å². The lowest BCUT2D eigenvalue weighted by atomic mass is 10.0. The van der Waals surface area contributed by atoms with Crippen molar-refractivity contribution >= 4 is 28.3 Å². The summed E-state index contributed by atoms with van der Waals surface area (Å²) >= 11 is 0. The topological polar surface area (TPSA) is 92.5 Å². The van der Waals surface area contributed by atoms with Gasteiger partial charge in [0.1, 0.15) is 29.0 Å². The van der Waals surface area contributed by atoms with Gasteiger partial charge in [-0.25, -0.2) is 22.8 Å². The first kappa shape index (κ1) is 35.6. The molecule has 0 spiro atoms. The summed E-state index contributed by atoms with van der Waals surface area (Å²) < 4.78 is 47.9. The number of likely N-dealkylation sites (tertiary alicyclic amines) is 1. The number of fused-ring (bicyclic) bond motifs is 2. The van der Waals surface area contributed by atoms with Crippen molar-refractivity contribution in [3.05, 3.63) is 114 Å². The third-order valence-electron chi connectivity index (χ3n) is 9.89. The number of nitrogens with one attached hydrogen (secondary N) is 1. The summed E-state index contributed by atoms with van der Waals surface area (Å²) in [5.41, 5.74) is 11.2. The largest absolute Gasteiger partial charge is 0.405 e. The zero-order valence-electron chi connectivity index (χ0n) is 29.9. The van der Waals surface area contributed by atoms with Gasteiger partial charge in [-0.15, -0.1) is 0 Å². The van der Waals surface area contributed by atoms with Gasteiger partial charge in [-0.05, 0) is 76.1 Å². The highest BCUT2D eigenvalue weighted by Gasteiger charge is 2.38. The molecular formula is C39H46F3N9. The number of aliphatic imine (C=N–C) groups is 1. The average molecular weight is 698 g/mol. The second-order valence-corrected chi connectivity index (χ2v) is 13.2. The van der Waals surface area contributed by atoms with Crippen molar-refractivity contribution in [1.29, 1.82) is 0 Å². The Balaban J connectivity index is 1.51. The number of likely N-dealkylation sites (N-methyl/N-ethyl adjacent to an activating group) is 1. The van der Waals surface area contributed by atoms with Gasteiger partial charge in [-0.1, -0.05) is 25.7 Å². The molecule has 2 aromatic heterocycles. The maximum Gasteiger partial charge on any atom is 0.151 e. The Morgan fingerprint density at radius 1 is 1.08 bits per heavy atom. The molecule has 6 rings (SSSR count). The second-order valence-electron chi connectivity index (χ2n) is 13.2. The Morgan fingerprint density at radius 3 is 2.59 bits per heavy atom. The third-order valence-corrected chi connectivity index (χ3v) is 9.89. The number of nitrogens with two attached hydrogens (primary N) is 1. The van der Waals surface area contributed by atoms with E-state index < -0.39 is 11.6 Å². The molecule has 2 aliphatic rings. The molecule has 51 heavy (non-hydrogen) atoms. The molecule has 2 aliphatic heterocycles. The normalized spacial score (nSPS) is 20.3. The van der Waals surface area contributed by atoms with Gasteiger partial charge in [0.15, 0.2) is 5.82 Å². The molecule has 0 radical (unpaired) electrons. The Kier molecular flexibility index (Phi) is 10.4. The molecular weight excluding hydrogens is 651 g/mol. The van der Waals surface area contributed by atoms with Crippen LogP contribution in [0.25, 0.3) is 22.4 Å². The molecule has 0 aliphatic carbocycles. The highest BCUT2D eigenvalue weighted by atomic mass is 19.1. The highest BCUT2D eigenvalue weighted by Crippen LogP contribution is 2.38. The van der Waals surface area contributed by atoms with E-state index in [0.29, 0.717) is 48.7 Å². The van der Waals surface area contributed by atoms with E-state index in [9.17, 15) is 4.39 Å². The molecule has 0 saturated carbocycles. The summed E-state index contributed by atoms with van der Waals surface area (Å²) in [7, 11) is 2.08. The first-order valence-corrected chi connectivity index (χ1v) is 17.5. The number of aromatic nitrogens is 4. The van der Waals surface area contributed by atoms with E-state index in [0.717, 1.165) is 47.3 Å². The van der Waals surface area contributed by atoms with Crippen LogP contribution in [0, 0.1) is 30.3 Å². The predicted molar refractivity (Wildman–Crippen MR) is 199 cm³/mol. The zero-order valence-corrected chi connectivity index (χ0v) is 29.9. The molecule has 2 aromatic carbocycles. The average Bonchev–Trinajstić information content (AvgIpc) is 3.79. The van der Waals surface area contributed by atoms with Gasteiger partial charge in [-0.3, -0.25) is 4.99 Å². The van der Waals surface area contributed by atoms with Crippen LogP contribution in [0.4, 0.5) is 19.0 Å². The summed E-state index contributed by atoms with van der Waals surface area (Å²) in [5.74, 6) is -0.101. The van der Waals surface area contributed by atoms with Crippen LogP contribution in [-0.2, 0) is 6.54 Å². The number of benzene rings is 2. The van der Waals surface area contributed by atoms with Gasteiger partial charge in [0.2, 0.25) is 0 Å². The SMILES string of the molecule is C=C1C2CC(CN2/C(=C/C)c2cnn(-c3ccc(F)cc3F)c2NCC)N=C(/C=C\C=C\N)c2cc(F)cc3nc(C)n(c23)CC(CC)CN1C. The number of allylic oxidation sites excluding steroid dienone is 4. The van der Waals surface area contributed by atoms with E-state index in [1.54, 1.807) is 18.3 Å². The Bertz CT molecular complexity index is 2050. The molecule has 4 aromatic rings. The standard InChI is InChI=1S/C39H46F3N9/c1-7-26-21-48(6)24(4)37-19-29(47-33(12-10-11-15-43)30-16-28(41)18-34-38(30)49(22-26)25(5)46-34)23-50(37)35(8-2)31-20-45-51(39(31)44-9-3)36-14-13-27(40)17-32(36)42/h8,10-18,20,26,29,37,44H,4,7,9,19,21-23,43H2,1-3,5-6H3/b12-10-,15-11+,35-8+,47-33?. The molecule has 0 amide bonds. The fourth-order valence-electron chi connectivity index (χ4n) is 7.39. The van der Waals surface area contributed by atoms with Crippen molar-refractivity contribution < 1.29 is 13.2 Å². The fourth-order valence-corrected chi connectivity index (χ4v) is 7.39. The number of aryl methyl sites for hydroxylation is 1. The number of halogens is 3. The number of rotatable bonds is 8. The van der Waals surface area contributed by atoms with Gasteiger partial charge in [0.05, 0.1) is 40.6 Å². The van der Waals surface area contributed by atoms with E-state index >= 15 is 8.78 Å². The summed E-state index contributed by atoms with van der Waals surface area (Å²) in [5, 5.41) is 7.95. The summed E-state index contributed by atoms with van der Waals surface area (Å²) in [6.07, 6.45) is 12.2. The van der Waals surface area contributed by atoms with Crippen molar-refractivity contribution in [2.75, 3.05) is 32.0 Å². The van der Waals surface area contributed by atoms with Gasteiger partial charge >= 0.3 is 0 Å². The van der Waals surface area contributed by atoms with Crippen LogP contribution < -0.4 is 11.1 Å². The van der Waals surface area contributed by atoms with Gasteiger partial charge < -0.3 is 25.4 Å². The van der Waals surface area contributed by atoms with Crippen molar-refractivity contribution in [2.45, 2.75) is 59.2 Å². The van der Waals surface area contributed by atoms with Gasteiger partial charge in [-0.2, -0.15) is 5.10 Å². The highest BCUT2D eigenvalue weighted by molar-refractivity contribution is 6.15. The van der Waals surface area contributed by atoms with Crippen LogP contribution in [0.5, 0.6) is 0 Å². The molecule has 4 heterocycles. The van der Waals surface area contributed by atoms with E-state index in [-0.39, 0.29) is 29.5 Å². The predicted octanol–water partition coefficient (Wildman–Crippen LogP) is 7.19. The Morgan fingerprint density at radius 2 is 1.88 bits per heavy atom. The monoisotopic (exact) mass is 697 g/mol. The number of hydrogen-bond donors (Lipinski definition) is 2. The van der Waals surface area contributed by atoms with E-state index in [1.807, 2.05) is 39.0 Å². The maximum atomic E-state index is 15.3. The molecule has 3 atom stereocenters. The van der Waals surface area contributed by atoms with Gasteiger partial charge in [0.25, 0.3) is 0 Å². The van der Waals surface area contributed by atoms with Crippen molar-refractivity contribution in [1.82, 2.24) is 29.1 Å². The minimum atomic E-state index is -0.714. The number of nitrogens with zero attached hydrogens (tertiary/aromatic N) is 7. The van der Waals surface area contributed by atoms with Crippen LogP contribution in [-0.4, -0.2) is 73.6 Å². The summed E-state index contributed by atoms with van der Waals surface area (Å²) in [4.78, 5) is 14.6. The molecule has 12 heteroatoms. The Labute approximate surface area is 297 Å². The first-order valence-electron chi connectivity index (χ1n) is 17.5. The fraction of sp³-hybridized carbons (Fsp3) is 0.359.